The Labute approximate surface area is 133 Å². The number of rotatable bonds is 4. The van der Waals surface area contributed by atoms with Crippen molar-refractivity contribution in [3.8, 4) is 0 Å². The lowest BCUT2D eigenvalue weighted by atomic mass is 10.1. The molecule has 2 rings (SSSR count). The second-order valence-corrected chi connectivity index (χ2v) is 5.64. The number of hydrogen-bond acceptors (Lipinski definition) is 2. The summed E-state index contributed by atoms with van der Waals surface area (Å²) in [6.07, 6.45) is 0.754. The SMILES string of the molecule is CCC(=NNC(=O)c1ccc(Br)cc1)c1ccc(C)cc1. The number of nitrogens with zero attached hydrogens (tertiary/aromatic N) is 1. The third-order valence-electron chi connectivity index (χ3n) is 3.12. The third kappa shape index (κ3) is 4.26. The Balaban J connectivity index is 2.12. The maximum atomic E-state index is 12.0. The normalized spacial score (nSPS) is 11.3. The van der Waals surface area contributed by atoms with Crippen molar-refractivity contribution in [2.24, 2.45) is 5.10 Å². The summed E-state index contributed by atoms with van der Waals surface area (Å²) < 4.78 is 0.941. The molecular weight excluding hydrogens is 328 g/mol. The largest absolute Gasteiger partial charge is 0.271 e. The first-order valence-electron chi connectivity index (χ1n) is 6.79. The highest BCUT2D eigenvalue weighted by Crippen LogP contribution is 2.11. The van der Waals surface area contributed by atoms with Gasteiger partial charge in [-0.25, -0.2) is 5.43 Å². The Hall–Kier alpha value is -1.94. The third-order valence-corrected chi connectivity index (χ3v) is 3.65. The van der Waals surface area contributed by atoms with E-state index in [1.54, 1.807) is 12.1 Å². The van der Waals surface area contributed by atoms with E-state index < -0.39 is 0 Å². The van der Waals surface area contributed by atoms with E-state index in [0.717, 1.165) is 22.2 Å². The van der Waals surface area contributed by atoms with E-state index in [0.29, 0.717) is 5.56 Å². The van der Waals surface area contributed by atoms with Crippen molar-refractivity contribution in [2.45, 2.75) is 20.3 Å². The standard InChI is InChI=1S/C17H17BrN2O/c1-3-16(13-6-4-12(2)5-7-13)19-20-17(21)14-8-10-15(18)11-9-14/h4-11H,3H2,1-2H3,(H,20,21). The molecule has 0 saturated carbocycles. The molecule has 0 heterocycles. The maximum absolute atomic E-state index is 12.0. The van der Waals surface area contributed by atoms with Gasteiger partial charge in [-0.2, -0.15) is 5.10 Å². The van der Waals surface area contributed by atoms with Gasteiger partial charge < -0.3 is 0 Å². The average molecular weight is 345 g/mol. The molecule has 0 spiro atoms. The second kappa shape index (κ2) is 7.18. The predicted molar refractivity (Wildman–Crippen MR) is 89.6 cm³/mol. The number of hydrazone groups is 1. The van der Waals surface area contributed by atoms with Crippen molar-refractivity contribution in [1.82, 2.24) is 5.43 Å². The number of amides is 1. The lowest BCUT2D eigenvalue weighted by molar-refractivity contribution is 0.0955. The first-order valence-corrected chi connectivity index (χ1v) is 7.59. The van der Waals surface area contributed by atoms with Crippen molar-refractivity contribution in [1.29, 1.82) is 0 Å². The summed E-state index contributed by atoms with van der Waals surface area (Å²) in [5, 5.41) is 4.25. The minimum absolute atomic E-state index is 0.208. The highest BCUT2D eigenvalue weighted by Gasteiger charge is 2.06. The molecule has 0 aliphatic heterocycles. The van der Waals surface area contributed by atoms with Gasteiger partial charge in [0.25, 0.3) is 5.91 Å². The summed E-state index contributed by atoms with van der Waals surface area (Å²) in [5.74, 6) is -0.208. The fraction of sp³-hybridized carbons (Fsp3) is 0.176. The molecule has 3 nitrogen and oxygen atoms in total. The van der Waals surface area contributed by atoms with E-state index in [9.17, 15) is 4.79 Å². The highest BCUT2D eigenvalue weighted by atomic mass is 79.9. The minimum Gasteiger partial charge on any atom is -0.267 e. The fourth-order valence-electron chi connectivity index (χ4n) is 1.88. The second-order valence-electron chi connectivity index (χ2n) is 4.73. The fourth-order valence-corrected chi connectivity index (χ4v) is 2.14. The summed E-state index contributed by atoms with van der Waals surface area (Å²) in [4.78, 5) is 12.0. The smallest absolute Gasteiger partial charge is 0.267 e. The number of aryl methyl sites for hydroxylation is 1. The minimum atomic E-state index is -0.208. The topological polar surface area (TPSA) is 41.5 Å². The van der Waals surface area contributed by atoms with Gasteiger partial charge in [0.1, 0.15) is 0 Å². The zero-order valence-corrected chi connectivity index (χ0v) is 13.6. The van der Waals surface area contributed by atoms with Crippen LogP contribution in [0.5, 0.6) is 0 Å². The molecule has 2 aromatic rings. The van der Waals surface area contributed by atoms with Gasteiger partial charge >= 0.3 is 0 Å². The van der Waals surface area contributed by atoms with Gasteiger partial charge in [-0.15, -0.1) is 0 Å². The van der Waals surface area contributed by atoms with Crippen molar-refractivity contribution in [2.75, 3.05) is 0 Å². The lowest BCUT2D eigenvalue weighted by Crippen LogP contribution is -2.19. The number of hydrogen-bond donors (Lipinski definition) is 1. The van der Waals surface area contributed by atoms with Crippen LogP contribution >= 0.6 is 15.9 Å². The van der Waals surface area contributed by atoms with Gasteiger partial charge in [0.05, 0.1) is 5.71 Å². The molecule has 0 saturated heterocycles. The quantitative estimate of drug-likeness (QED) is 0.651. The van der Waals surface area contributed by atoms with Crippen molar-refractivity contribution < 1.29 is 4.79 Å². The van der Waals surface area contributed by atoms with Crippen LogP contribution in [0.25, 0.3) is 0 Å². The summed E-state index contributed by atoms with van der Waals surface area (Å²) in [7, 11) is 0. The van der Waals surface area contributed by atoms with Crippen LogP contribution in [0.15, 0.2) is 58.1 Å². The molecule has 0 aromatic heterocycles. The molecule has 2 aromatic carbocycles. The Morgan fingerprint density at radius 3 is 2.19 bits per heavy atom. The van der Waals surface area contributed by atoms with Crippen LogP contribution < -0.4 is 5.43 Å². The predicted octanol–water partition coefficient (Wildman–Crippen LogP) is 4.30. The molecule has 0 unspecified atom stereocenters. The molecule has 108 valence electrons. The maximum Gasteiger partial charge on any atom is 0.271 e. The summed E-state index contributed by atoms with van der Waals surface area (Å²) in [6.45, 7) is 4.06. The molecule has 1 amide bonds. The van der Waals surface area contributed by atoms with E-state index in [2.05, 4.69) is 26.5 Å². The van der Waals surface area contributed by atoms with Crippen LogP contribution in [-0.4, -0.2) is 11.6 Å². The zero-order chi connectivity index (χ0) is 15.2. The molecule has 0 atom stereocenters. The van der Waals surface area contributed by atoms with Gasteiger partial charge in [0, 0.05) is 10.0 Å². The molecule has 4 heteroatoms. The number of carbonyl (C=O) groups excluding carboxylic acids is 1. The monoisotopic (exact) mass is 344 g/mol. The summed E-state index contributed by atoms with van der Waals surface area (Å²) >= 11 is 3.35. The van der Waals surface area contributed by atoms with E-state index in [1.165, 1.54) is 5.56 Å². The first kappa shape index (κ1) is 15.4. The molecule has 0 fully saturated rings. The molecule has 0 radical (unpaired) electrons. The molecular formula is C17H17BrN2O. The van der Waals surface area contributed by atoms with Crippen molar-refractivity contribution in [3.05, 3.63) is 69.7 Å². The van der Waals surface area contributed by atoms with Gasteiger partial charge in [-0.3, -0.25) is 4.79 Å². The number of carbonyl (C=O) groups is 1. The average Bonchev–Trinajstić information content (AvgIpc) is 2.50. The van der Waals surface area contributed by atoms with E-state index in [1.807, 2.05) is 50.2 Å². The Bertz CT molecular complexity index is 645. The Kier molecular flexibility index (Phi) is 5.28. The van der Waals surface area contributed by atoms with Crippen molar-refractivity contribution >= 4 is 27.5 Å². The van der Waals surface area contributed by atoms with E-state index in [-0.39, 0.29) is 5.91 Å². The van der Waals surface area contributed by atoms with E-state index in [4.69, 9.17) is 0 Å². The summed E-state index contributed by atoms with van der Waals surface area (Å²) in [6, 6.07) is 15.3. The lowest BCUT2D eigenvalue weighted by Gasteiger charge is -2.06. The van der Waals surface area contributed by atoms with Crippen LogP contribution in [0.4, 0.5) is 0 Å². The Morgan fingerprint density at radius 2 is 1.62 bits per heavy atom. The van der Waals surface area contributed by atoms with Crippen LogP contribution in [0, 0.1) is 6.92 Å². The van der Waals surface area contributed by atoms with Crippen molar-refractivity contribution in [3.63, 3.8) is 0 Å². The van der Waals surface area contributed by atoms with Crippen LogP contribution in [-0.2, 0) is 0 Å². The van der Waals surface area contributed by atoms with E-state index >= 15 is 0 Å². The molecule has 0 bridgehead atoms. The van der Waals surface area contributed by atoms with Gasteiger partial charge in [0.15, 0.2) is 0 Å². The van der Waals surface area contributed by atoms with Gasteiger partial charge in [0.2, 0.25) is 0 Å². The summed E-state index contributed by atoms with van der Waals surface area (Å²) in [5.41, 5.74) is 6.29. The molecule has 1 N–H and O–H groups in total. The molecule has 0 aliphatic carbocycles. The Morgan fingerprint density at radius 1 is 1.05 bits per heavy atom. The van der Waals surface area contributed by atoms with Crippen LogP contribution in [0.1, 0.15) is 34.8 Å². The van der Waals surface area contributed by atoms with Gasteiger partial charge in [-0.1, -0.05) is 52.7 Å². The van der Waals surface area contributed by atoms with Crippen LogP contribution in [0.3, 0.4) is 0 Å². The van der Waals surface area contributed by atoms with Crippen LogP contribution in [0.2, 0.25) is 0 Å². The first-order chi connectivity index (χ1) is 10.1. The number of benzene rings is 2. The number of halogens is 1. The highest BCUT2D eigenvalue weighted by molar-refractivity contribution is 9.10. The van der Waals surface area contributed by atoms with Gasteiger partial charge in [-0.05, 0) is 43.2 Å². The molecule has 21 heavy (non-hydrogen) atoms. The number of nitrogens with one attached hydrogen (secondary N) is 1. The zero-order valence-electron chi connectivity index (χ0n) is 12.1. The molecule has 0 aliphatic rings.